The van der Waals surface area contributed by atoms with Crippen LogP contribution in [0.2, 0.25) is 0 Å². The van der Waals surface area contributed by atoms with E-state index >= 15 is 0 Å². The Morgan fingerprint density at radius 1 is 0.806 bits per heavy atom. The van der Waals surface area contributed by atoms with E-state index in [-0.39, 0.29) is 6.99 Å². The van der Waals surface area contributed by atoms with Crippen molar-refractivity contribution in [2.45, 2.75) is 61.3 Å². The van der Waals surface area contributed by atoms with E-state index in [4.69, 9.17) is 0 Å². The van der Waals surface area contributed by atoms with Crippen LogP contribution < -0.4 is 5.56 Å². The van der Waals surface area contributed by atoms with Gasteiger partial charge in [0.15, 0.2) is 0 Å². The highest BCUT2D eigenvalue weighted by Crippen LogP contribution is 2.15. The summed E-state index contributed by atoms with van der Waals surface area (Å²) in [6, 6.07) is 11.7. The van der Waals surface area contributed by atoms with Crippen molar-refractivity contribution < 1.29 is 1.43 Å². The molecule has 0 bridgehead atoms. The average Bonchev–Trinajstić information content (AvgIpc) is 3.53. The smallest absolute Gasteiger partial charge is 0.250 e. The summed E-state index contributed by atoms with van der Waals surface area (Å²) in [6.07, 6.45) is 9.48. The van der Waals surface area contributed by atoms with Crippen LogP contribution in [0.1, 0.15) is 65.6 Å². The summed E-state index contributed by atoms with van der Waals surface area (Å²) in [7, 11) is 3.78. The number of aromatic amines is 1. The summed E-state index contributed by atoms with van der Waals surface area (Å²) in [4.78, 5) is 22.4. The Hall–Kier alpha value is -3.67. The first-order chi connectivity index (χ1) is 17.3. The fourth-order valence-corrected chi connectivity index (χ4v) is 3.36. The minimum Gasteiger partial charge on any atom is -0.346 e. The summed E-state index contributed by atoms with van der Waals surface area (Å²) in [6.45, 7) is 16.4. The summed E-state index contributed by atoms with van der Waals surface area (Å²) in [5, 5.41) is 2.46. The molecule has 1 N–H and O–H groups in total. The lowest BCUT2D eigenvalue weighted by Crippen LogP contribution is -2.15. The maximum Gasteiger partial charge on any atom is 0.250 e. The van der Waals surface area contributed by atoms with Crippen molar-refractivity contribution in [2.24, 2.45) is 14.1 Å². The van der Waals surface area contributed by atoms with Crippen molar-refractivity contribution in [3.63, 3.8) is 0 Å². The minimum absolute atomic E-state index is 0. The molecule has 0 amide bonds. The monoisotopic (exact) mass is 491 g/mol. The number of hydrogen-bond donors (Lipinski definition) is 1. The van der Waals surface area contributed by atoms with Crippen LogP contribution in [0.25, 0.3) is 22.1 Å². The highest BCUT2D eigenvalue weighted by Gasteiger charge is 2.00. The number of hydrogen-bond acceptors (Lipinski definition) is 3. The fourth-order valence-electron chi connectivity index (χ4n) is 3.36. The highest BCUT2D eigenvalue weighted by molar-refractivity contribution is 5.79. The highest BCUT2D eigenvalue weighted by atomic mass is 16.1. The van der Waals surface area contributed by atoms with E-state index in [1.165, 1.54) is 27.5 Å². The van der Waals surface area contributed by atoms with Crippen LogP contribution in [0.3, 0.4) is 0 Å². The molecule has 0 fully saturated rings. The molecule has 5 aromatic heterocycles. The Kier molecular flexibility index (Phi) is 12.9. The summed E-state index contributed by atoms with van der Waals surface area (Å²) in [5.74, 6) is 0.488. The molecule has 0 radical (unpaired) electrons. The quantitative estimate of drug-likeness (QED) is 0.263. The molecule has 0 aromatic carbocycles. The van der Waals surface area contributed by atoms with Gasteiger partial charge in [-0.2, -0.15) is 0 Å². The van der Waals surface area contributed by atoms with Crippen molar-refractivity contribution in [1.82, 2.24) is 24.1 Å². The first-order valence-corrected chi connectivity index (χ1v) is 12.7. The standard InChI is InChI=1S/C9H10N2.C9H13NO.C8H8N2.2C2H6.H2/c1-7-3-5-10-9-8(7)4-6-11(9)2;1-7(2)8-4-5-9(11)10(3)6-8;1-6-2-4-9-8-7(6)3-5-10-8;2*1-2;/h3-6H,1-2H3;4-7H,1-3H3;2-5H,1H3,(H,9,10);2*1-2H3;1H. The molecule has 0 aliphatic carbocycles. The lowest BCUT2D eigenvalue weighted by atomic mass is 10.1. The van der Waals surface area contributed by atoms with E-state index in [1.54, 1.807) is 17.7 Å². The van der Waals surface area contributed by atoms with Crippen LogP contribution in [-0.4, -0.2) is 24.1 Å². The Balaban J connectivity index is 0.000000486. The van der Waals surface area contributed by atoms with Gasteiger partial charge in [-0.05, 0) is 60.7 Å². The van der Waals surface area contributed by atoms with Crippen LogP contribution in [-0.2, 0) is 14.1 Å². The van der Waals surface area contributed by atoms with Gasteiger partial charge < -0.3 is 14.1 Å². The van der Waals surface area contributed by atoms with Crippen molar-refractivity contribution >= 4 is 22.1 Å². The number of rotatable bonds is 1. The molecule has 0 atom stereocenters. The average molecular weight is 492 g/mol. The third-order valence-corrected chi connectivity index (χ3v) is 5.44. The van der Waals surface area contributed by atoms with Gasteiger partial charge in [-0.1, -0.05) is 47.6 Å². The van der Waals surface area contributed by atoms with E-state index < -0.39 is 0 Å². The third kappa shape index (κ3) is 8.22. The van der Waals surface area contributed by atoms with Crippen LogP contribution >= 0.6 is 0 Å². The van der Waals surface area contributed by atoms with Crippen LogP contribution in [0, 0.1) is 13.8 Å². The van der Waals surface area contributed by atoms with Gasteiger partial charge in [-0.15, -0.1) is 0 Å². The van der Waals surface area contributed by atoms with Crippen molar-refractivity contribution in [3.05, 3.63) is 94.4 Å². The van der Waals surface area contributed by atoms with E-state index in [1.807, 2.05) is 94.6 Å². The number of pyridine rings is 3. The van der Waals surface area contributed by atoms with E-state index in [0.717, 1.165) is 11.3 Å². The van der Waals surface area contributed by atoms with E-state index in [0.29, 0.717) is 5.92 Å². The Labute approximate surface area is 217 Å². The predicted octanol–water partition coefficient (Wildman–Crippen LogP) is 7.56. The number of H-pyrrole nitrogens is 1. The lowest BCUT2D eigenvalue weighted by molar-refractivity contribution is 0.794. The van der Waals surface area contributed by atoms with Gasteiger partial charge in [0, 0.05) is 63.3 Å². The molecular weight excluding hydrogens is 446 g/mol. The number of fused-ring (bicyclic) bond motifs is 2. The van der Waals surface area contributed by atoms with Gasteiger partial charge >= 0.3 is 0 Å². The van der Waals surface area contributed by atoms with Gasteiger partial charge in [0.05, 0.1) is 0 Å². The number of nitrogens with one attached hydrogen (secondary N) is 1. The summed E-state index contributed by atoms with van der Waals surface area (Å²) in [5.41, 5.74) is 5.84. The molecule has 5 heterocycles. The molecule has 196 valence electrons. The molecule has 0 unspecified atom stereocenters. The second kappa shape index (κ2) is 15.4. The zero-order valence-corrected chi connectivity index (χ0v) is 23.6. The molecule has 6 nitrogen and oxygen atoms in total. The van der Waals surface area contributed by atoms with Crippen LogP contribution in [0.5, 0.6) is 0 Å². The normalized spacial score (nSPS) is 9.75. The second-order valence-corrected chi connectivity index (χ2v) is 8.23. The Morgan fingerprint density at radius 3 is 1.97 bits per heavy atom. The molecule has 5 rings (SSSR count). The molecule has 6 heteroatoms. The largest absolute Gasteiger partial charge is 0.346 e. The van der Waals surface area contributed by atoms with Crippen LogP contribution in [0.15, 0.2) is 72.2 Å². The Morgan fingerprint density at radius 2 is 1.42 bits per heavy atom. The zero-order valence-electron chi connectivity index (χ0n) is 23.6. The number of aryl methyl sites for hydroxylation is 4. The van der Waals surface area contributed by atoms with E-state index in [9.17, 15) is 4.79 Å². The topological polar surface area (TPSA) is 68.5 Å². The molecule has 0 saturated heterocycles. The maximum atomic E-state index is 11.0. The van der Waals surface area contributed by atoms with Gasteiger partial charge in [-0.25, -0.2) is 9.97 Å². The lowest BCUT2D eigenvalue weighted by Gasteiger charge is -2.05. The summed E-state index contributed by atoms with van der Waals surface area (Å²) >= 11 is 0. The van der Waals surface area contributed by atoms with Gasteiger partial charge in [-0.3, -0.25) is 4.79 Å². The van der Waals surface area contributed by atoms with Gasteiger partial charge in [0.25, 0.3) is 0 Å². The van der Waals surface area contributed by atoms with Gasteiger partial charge in [0.1, 0.15) is 11.3 Å². The fraction of sp³-hybridized carbons (Fsp3) is 0.367. The third-order valence-electron chi connectivity index (χ3n) is 5.44. The van der Waals surface area contributed by atoms with Crippen molar-refractivity contribution in [1.29, 1.82) is 0 Å². The van der Waals surface area contributed by atoms with Crippen molar-refractivity contribution in [2.75, 3.05) is 0 Å². The maximum absolute atomic E-state index is 11.0. The van der Waals surface area contributed by atoms with Crippen LogP contribution in [0.4, 0.5) is 0 Å². The Bertz CT molecular complexity index is 1380. The van der Waals surface area contributed by atoms with Crippen molar-refractivity contribution in [3.8, 4) is 0 Å². The number of aromatic nitrogens is 5. The predicted molar refractivity (Wildman–Crippen MR) is 157 cm³/mol. The first kappa shape index (κ1) is 30.4. The van der Waals surface area contributed by atoms with Gasteiger partial charge in [0.2, 0.25) is 5.56 Å². The SMILES string of the molecule is CC.CC.CC(C)c1ccc(=O)n(C)c1.Cc1ccnc2[nH]ccc12.Cc1ccnc2c1ccn2C.[HH]. The molecule has 0 saturated carbocycles. The minimum atomic E-state index is 0. The molecule has 0 aliphatic rings. The zero-order chi connectivity index (χ0) is 27.3. The molecule has 0 aliphatic heterocycles. The summed E-state index contributed by atoms with van der Waals surface area (Å²) < 4.78 is 3.64. The second-order valence-electron chi connectivity index (χ2n) is 8.23. The molecular formula is C30H45N5O. The molecule has 0 spiro atoms. The number of nitrogens with zero attached hydrogens (tertiary/aromatic N) is 4. The van der Waals surface area contributed by atoms with E-state index in [2.05, 4.69) is 48.7 Å². The first-order valence-electron chi connectivity index (χ1n) is 12.7. The molecule has 5 aromatic rings. The molecule has 36 heavy (non-hydrogen) atoms.